The molecule has 1 saturated heterocycles. The number of hydrogen-bond donors (Lipinski definition) is 1. The Morgan fingerprint density at radius 1 is 1.55 bits per heavy atom. The quantitative estimate of drug-likeness (QED) is 0.379. The molecule has 5 nitrogen and oxygen atoms in total. The minimum atomic E-state index is -0.337. The number of hydrogen-bond acceptors (Lipinski definition) is 3. The van der Waals surface area contributed by atoms with Crippen molar-refractivity contribution in [3.8, 4) is 6.19 Å². The number of nitriles is 1. The first-order chi connectivity index (χ1) is 5.34. The largest absolute Gasteiger partial charge is 0.378 e. The van der Waals surface area contributed by atoms with Crippen molar-refractivity contribution in [3.05, 3.63) is 0 Å². The lowest BCUT2D eigenvalue weighted by Gasteiger charge is -2.25. The molecule has 1 rings (SSSR count). The predicted molar refractivity (Wildman–Crippen MR) is 36.5 cm³/mol. The van der Waals surface area contributed by atoms with Crippen LogP contribution in [0.25, 0.3) is 0 Å². The highest BCUT2D eigenvalue weighted by atomic mass is 16.5. The molecule has 60 valence electrons. The molecule has 0 spiro atoms. The Hall–Kier alpha value is -1.28. The van der Waals surface area contributed by atoms with E-state index in [0.29, 0.717) is 26.3 Å². The van der Waals surface area contributed by atoms with Crippen LogP contribution in [0.5, 0.6) is 0 Å². The maximum absolute atomic E-state index is 10.9. The number of carbonyl (C=O) groups excluding carboxylic acids is 1. The van der Waals surface area contributed by atoms with Crippen molar-refractivity contribution in [1.29, 1.82) is 5.26 Å². The van der Waals surface area contributed by atoms with Gasteiger partial charge in [0.2, 0.25) is 0 Å². The van der Waals surface area contributed by atoms with Gasteiger partial charge in [0.15, 0.2) is 6.19 Å². The molecule has 0 aromatic heterocycles. The van der Waals surface area contributed by atoms with Crippen molar-refractivity contribution >= 4 is 6.03 Å². The Balaban J connectivity index is 2.34. The van der Waals surface area contributed by atoms with Crippen molar-refractivity contribution in [1.82, 2.24) is 10.2 Å². The molecule has 0 aromatic rings. The summed E-state index contributed by atoms with van der Waals surface area (Å²) in [4.78, 5) is 12.5. The lowest BCUT2D eigenvalue weighted by Crippen LogP contribution is -2.44. The molecule has 1 heterocycles. The molecule has 0 saturated carbocycles. The molecule has 2 amide bonds. The van der Waals surface area contributed by atoms with Crippen LogP contribution in [0, 0.1) is 11.5 Å². The van der Waals surface area contributed by atoms with E-state index in [1.807, 2.05) is 0 Å². The summed E-state index contributed by atoms with van der Waals surface area (Å²) < 4.78 is 5.02. The maximum Gasteiger partial charge on any atom is 0.330 e. The number of nitrogens with zero attached hydrogens (tertiary/aromatic N) is 2. The molecule has 11 heavy (non-hydrogen) atoms. The summed E-state index contributed by atoms with van der Waals surface area (Å²) in [6.07, 6.45) is 1.58. The molecule has 0 aromatic carbocycles. The molecule has 1 N–H and O–H groups in total. The van der Waals surface area contributed by atoms with Crippen molar-refractivity contribution < 1.29 is 9.53 Å². The summed E-state index contributed by atoms with van der Waals surface area (Å²) in [6, 6.07) is -0.337. The van der Waals surface area contributed by atoms with Gasteiger partial charge >= 0.3 is 6.03 Å². The van der Waals surface area contributed by atoms with Crippen LogP contribution >= 0.6 is 0 Å². The standard InChI is InChI=1S/C6H9N3O2/c7-5-8-6(10)9-1-3-11-4-2-9/h1-4H2,(H,8,10). The molecule has 0 atom stereocenters. The summed E-state index contributed by atoms with van der Waals surface area (Å²) in [5.41, 5.74) is 0. The summed E-state index contributed by atoms with van der Waals surface area (Å²) in [7, 11) is 0. The molecule has 0 radical (unpaired) electrons. The minimum Gasteiger partial charge on any atom is -0.378 e. The molecule has 1 aliphatic rings. The van der Waals surface area contributed by atoms with Crippen molar-refractivity contribution in [2.75, 3.05) is 26.3 Å². The fourth-order valence-corrected chi connectivity index (χ4v) is 0.893. The van der Waals surface area contributed by atoms with Crippen LogP contribution in [0.2, 0.25) is 0 Å². The number of nitrogens with one attached hydrogen (secondary N) is 1. The molecule has 1 fully saturated rings. The van der Waals surface area contributed by atoms with Crippen molar-refractivity contribution in [2.24, 2.45) is 0 Å². The second-order valence-corrected chi connectivity index (χ2v) is 2.14. The summed E-state index contributed by atoms with van der Waals surface area (Å²) in [5.74, 6) is 0. The average molecular weight is 155 g/mol. The zero-order valence-electron chi connectivity index (χ0n) is 6.04. The van der Waals surface area contributed by atoms with E-state index in [1.165, 1.54) is 0 Å². The van der Waals surface area contributed by atoms with Crippen molar-refractivity contribution in [2.45, 2.75) is 0 Å². The van der Waals surface area contributed by atoms with Crippen LogP contribution in [0.4, 0.5) is 4.79 Å². The van der Waals surface area contributed by atoms with Gasteiger partial charge in [-0.15, -0.1) is 0 Å². The predicted octanol–water partition coefficient (Wildman–Crippen LogP) is -0.491. The first-order valence-corrected chi connectivity index (χ1v) is 3.36. The van der Waals surface area contributed by atoms with Crippen LogP contribution in [0.15, 0.2) is 0 Å². The smallest absolute Gasteiger partial charge is 0.330 e. The Kier molecular flexibility index (Phi) is 2.69. The van der Waals surface area contributed by atoms with E-state index in [0.717, 1.165) is 0 Å². The Labute approximate surface area is 64.5 Å². The fourth-order valence-electron chi connectivity index (χ4n) is 0.893. The number of ether oxygens (including phenoxy) is 1. The lowest BCUT2D eigenvalue weighted by molar-refractivity contribution is 0.0541. The number of amides is 2. The molecule has 0 bridgehead atoms. The van der Waals surface area contributed by atoms with Crippen LogP contribution in [-0.2, 0) is 4.74 Å². The summed E-state index contributed by atoms with van der Waals surface area (Å²) in [6.45, 7) is 2.23. The van der Waals surface area contributed by atoms with Crippen LogP contribution < -0.4 is 5.32 Å². The molecular weight excluding hydrogens is 146 g/mol. The second-order valence-electron chi connectivity index (χ2n) is 2.14. The lowest BCUT2D eigenvalue weighted by atomic mass is 10.4. The maximum atomic E-state index is 10.9. The van der Waals surface area contributed by atoms with E-state index in [2.05, 4.69) is 5.32 Å². The van der Waals surface area contributed by atoms with E-state index < -0.39 is 0 Å². The third kappa shape index (κ3) is 2.09. The summed E-state index contributed by atoms with van der Waals surface area (Å²) in [5, 5.41) is 10.2. The molecule has 0 unspecified atom stereocenters. The monoisotopic (exact) mass is 155 g/mol. The topological polar surface area (TPSA) is 65.4 Å². The fraction of sp³-hybridized carbons (Fsp3) is 0.667. The highest BCUT2D eigenvalue weighted by molar-refractivity contribution is 5.75. The van der Waals surface area contributed by atoms with E-state index in [-0.39, 0.29) is 6.03 Å². The van der Waals surface area contributed by atoms with E-state index >= 15 is 0 Å². The summed E-state index contributed by atoms with van der Waals surface area (Å²) >= 11 is 0. The van der Waals surface area contributed by atoms with Gasteiger partial charge in [0.1, 0.15) is 0 Å². The van der Waals surface area contributed by atoms with Gasteiger partial charge in [-0.1, -0.05) is 0 Å². The first-order valence-electron chi connectivity index (χ1n) is 3.36. The molecular formula is C6H9N3O2. The normalized spacial score (nSPS) is 17.2. The third-order valence-corrected chi connectivity index (χ3v) is 1.46. The van der Waals surface area contributed by atoms with E-state index in [9.17, 15) is 4.79 Å². The first kappa shape index (κ1) is 7.82. The number of rotatable bonds is 0. The van der Waals surface area contributed by atoms with Gasteiger partial charge < -0.3 is 9.64 Å². The van der Waals surface area contributed by atoms with Gasteiger partial charge in [-0.2, -0.15) is 5.26 Å². The van der Waals surface area contributed by atoms with Gasteiger partial charge in [-0.25, -0.2) is 10.1 Å². The Morgan fingerprint density at radius 2 is 2.18 bits per heavy atom. The van der Waals surface area contributed by atoms with Gasteiger partial charge in [-0.3, -0.25) is 0 Å². The highest BCUT2D eigenvalue weighted by Gasteiger charge is 2.15. The Bertz CT molecular complexity index is 181. The van der Waals surface area contributed by atoms with Gasteiger partial charge in [0.25, 0.3) is 0 Å². The third-order valence-electron chi connectivity index (χ3n) is 1.46. The van der Waals surface area contributed by atoms with Crippen LogP contribution in [-0.4, -0.2) is 37.2 Å². The van der Waals surface area contributed by atoms with Crippen LogP contribution in [0.3, 0.4) is 0 Å². The highest BCUT2D eigenvalue weighted by Crippen LogP contribution is 1.95. The number of urea groups is 1. The number of morpholine rings is 1. The van der Waals surface area contributed by atoms with Gasteiger partial charge in [0, 0.05) is 13.1 Å². The second kappa shape index (κ2) is 3.78. The van der Waals surface area contributed by atoms with Crippen molar-refractivity contribution in [3.63, 3.8) is 0 Å². The SMILES string of the molecule is N#CNC(=O)N1CCOCC1. The average Bonchev–Trinajstić information content (AvgIpc) is 2.07. The van der Waals surface area contributed by atoms with Crippen LogP contribution in [0.1, 0.15) is 0 Å². The number of carbonyl (C=O) groups is 1. The minimum absolute atomic E-state index is 0.337. The van der Waals surface area contributed by atoms with E-state index in [4.69, 9.17) is 10.00 Å². The van der Waals surface area contributed by atoms with Gasteiger partial charge in [0.05, 0.1) is 13.2 Å². The van der Waals surface area contributed by atoms with E-state index in [1.54, 1.807) is 11.1 Å². The van der Waals surface area contributed by atoms with Gasteiger partial charge in [-0.05, 0) is 0 Å². The molecule has 0 aliphatic carbocycles. The zero-order chi connectivity index (χ0) is 8.10. The Morgan fingerprint density at radius 3 is 2.73 bits per heavy atom. The molecule has 1 aliphatic heterocycles. The zero-order valence-corrected chi connectivity index (χ0v) is 6.04. The molecule has 5 heteroatoms.